The molecule has 62 heavy (non-hydrogen) atoms. The van der Waals surface area contributed by atoms with Crippen molar-refractivity contribution in [2.24, 2.45) is 0 Å². The lowest BCUT2D eigenvalue weighted by Gasteiger charge is -2.16. The van der Waals surface area contributed by atoms with Gasteiger partial charge < -0.3 is 9.88 Å². The zero-order valence-corrected chi connectivity index (χ0v) is 34.0. The summed E-state index contributed by atoms with van der Waals surface area (Å²) in [6, 6.07) is 85.9. The van der Waals surface area contributed by atoms with Crippen molar-refractivity contribution in [3.63, 3.8) is 0 Å². The van der Waals surface area contributed by atoms with Gasteiger partial charge in [-0.3, -0.25) is 0 Å². The van der Waals surface area contributed by atoms with E-state index in [1.165, 1.54) is 99.8 Å². The van der Waals surface area contributed by atoms with E-state index >= 15 is 0 Å². The monoisotopic (exact) mass is 788 g/mol. The Morgan fingerprint density at radius 1 is 0.274 bits per heavy atom. The molecular formula is C60H40N2. The predicted molar refractivity (Wildman–Crippen MR) is 262 cm³/mol. The number of hydrogen-bond donors (Lipinski definition) is 1. The van der Waals surface area contributed by atoms with Crippen molar-refractivity contribution in [3.05, 3.63) is 237 Å². The van der Waals surface area contributed by atoms with Crippen molar-refractivity contribution in [1.29, 1.82) is 0 Å². The van der Waals surface area contributed by atoms with Crippen LogP contribution in [0.3, 0.4) is 0 Å². The van der Waals surface area contributed by atoms with E-state index in [1.54, 1.807) is 0 Å². The minimum Gasteiger partial charge on any atom is -0.355 e. The molecule has 0 bridgehead atoms. The molecule has 12 rings (SSSR count). The number of nitrogens with zero attached hydrogens (tertiary/aromatic N) is 1. The maximum Gasteiger partial charge on any atom is 0.0619 e. The van der Waals surface area contributed by atoms with E-state index in [4.69, 9.17) is 0 Å². The highest BCUT2D eigenvalue weighted by Crippen LogP contribution is 2.47. The summed E-state index contributed by atoms with van der Waals surface area (Å²) in [5.41, 5.74) is 22.8. The Labute approximate surface area is 361 Å². The SMILES string of the molecule is c1ccc(-c2ccc(-c3cccc(Nc4ccc(-c5ccc(-c6ccc7c(c6)c6cccc8c6n7-c6ccccc6-c6ccccc6-8)cc5)cc4-c4ccccc4)c3)cc2)cc1. The smallest absolute Gasteiger partial charge is 0.0619 e. The van der Waals surface area contributed by atoms with Crippen LogP contribution in [0.25, 0.3) is 105 Å². The van der Waals surface area contributed by atoms with Crippen LogP contribution in [0.5, 0.6) is 0 Å². The van der Waals surface area contributed by atoms with Gasteiger partial charge in [0.1, 0.15) is 0 Å². The second-order valence-electron chi connectivity index (χ2n) is 16.2. The molecule has 290 valence electrons. The van der Waals surface area contributed by atoms with Crippen molar-refractivity contribution in [2.75, 3.05) is 5.32 Å². The normalized spacial score (nSPS) is 11.5. The number of para-hydroxylation sites is 2. The van der Waals surface area contributed by atoms with E-state index in [9.17, 15) is 0 Å². The Kier molecular flexibility index (Phi) is 8.53. The molecule has 0 amide bonds. The van der Waals surface area contributed by atoms with Gasteiger partial charge in [0.2, 0.25) is 0 Å². The van der Waals surface area contributed by atoms with Crippen molar-refractivity contribution in [2.45, 2.75) is 0 Å². The van der Waals surface area contributed by atoms with E-state index in [0.717, 1.165) is 16.9 Å². The average molecular weight is 789 g/mol. The first kappa shape index (κ1) is 35.7. The molecule has 10 aromatic carbocycles. The van der Waals surface area contributed by atoms with Crippen LogP contribution in [0.1, 0.15) is 0 Å². The molecule has 0 radical (unpaired) electrons. The van der Waals surface area contributed by atoms with Crippen molar-refractivity contribution in [3.8, 4) is 83.6 Å². The van der Waals surface area contributed by atoms with Gasteiger partial charge >= 0.3 is 0 Å². The molecule has 2 heterocycles. The fourth-order valence-corrected chi connectivity index (χ4v) is 9.53. The third kappa shape index (κ3) is 6.12. The van der Waals surface area contributed by atoms with Crippen LogP contribution in [0, 0.1) is 0 Å². The summed E-state index contributed by atoms with van der Waals surface area (Å²) in [4.78, 5) is 0. The van der Waals surface area contributed by atoms with Gasteiger partial charge in [-0.2, -0.15) is 0 Å². The molecule has 1 aromatic heterocycles. The van der Waals surface area contributed by atoms with Crippen LogP contribution in [0.2, 0.25) is 0 Å². The van der Waals surface area contributed by atoms with E-state index in [-0.39, 0.29) is 0 Å². The van der Waals surface area contributed by atoms with Gasteiger partial charge in [0.05, 0.1) is 16.7 Å². The number of fused-ring (bicyclic) bond motifs is 8. The molecule has 0 fully saturated rings. The van der Waals surface area contributed by atoms with Gasteiger partial charge in [-0.1, -0.05) is 194 Å². The predicted octanol–water partition coefficient (Wildman–Crippen LogP) is 16.5. The standard InChI is InChI=1S/C60H40N2/c1-3-13-40(14-4-1)41-25-27-42(28-26-41)46-17-11-18-49(37-46)61-57-35-33-47(38-55(57)45-15-5-2-6-16-45)43-29-31-44(32-30-43)48-34-36-59-56(39-48)54-23-12-22-53-51-20-8-7-19-50(51)52-21-9-10-24-58(52)62(59)60(53)54/h1-39,61H. The van der Waals surface area contributed by atoms with Gasteiger partial charge in [0.15, 0.2) is 0 Å². The molecule has 0 saturated heterocycles. The Hall–Kier alpha value is -8.20. The van der Waals surface area contributed by atoms with Gasteiger partial charge in [0.25, 0.3) is 0 Å². The minimum atomic E-state index is 1.05. The number of hydrogen-bond acceptors (Lipinski definition) is 1. The summed E-state index contributed by atoms with van der Waals surface area (Å²) in [7, 11) is 0. The van der Waals surface area contributed by atoms with Crippen molar-refractivity contribution < 1.29 is 0 Å². The van der Waals surface area contributed by atoms with E-state index in [0.29, 0.717) is 0 Å². The summed E-state index contributed by atoms with van der Waals surface area (Å²) in [5.74, 6) is 0. The number of anilines is 2. The zero-order valence-electron chi connectivity index (χ0n) is 34.0. The Bertz CT molecular complexity index is 3450. The quantitative estimate of drug-likeness (QED) is 0.170. The van der Waals surface area contributed by atoms with Crippen molar-refractivity contribution in [1.82, 2.24) is 4.57 Å². The van der Waals surface area contributed by atoms with E-state index in [2.05, 4.69) is 246 Å². The third-order valence-electron chi connectivity index (χ3n) is 12.6. The summed E-state index contributed by atoms with van der Waals surface area (Å²) in [5, 5.41) is 6.32. The summed E-state index contributed by atoms with van der Waals surface area (Å²) >= 11 is 0. The highest BCUT2D eigenvalue weighted by atomic mass is 15.0. The molecule has 2 nitrogen and oxygen atoms in total. The van der Waals surface area contributed by atoms with Gasteiger partial charge in [-0.25, -0.2) is 0 Å². The fourth-order valence-electron chi connectivity index (χ4n) is 9.53. The maximum atomic E-state index is 3.78. The molecular weight excluding hydrogens is 749 g/mol. The van der Waals surface area contributed by atoms with Crippen LogP contribution in [-0.4, -0.2) is 4.57 Å². The third-order valence-corrected chi connectivity index (χ3v) is 12.6. The lowest BCUT2D eigenvalue weighted by Crippen LogP contribution is -1.95. The lowest BCUT2D eigenvalue weighted by atomic mass is 9.93. The Balaban J connectivity index is 0.871. The summed E-state index contributed by atoms with van der Waals surface area (Å²) < 4.78 is 2.48. The number of aromatic nitrogens is 1. The molecule has 0 aliphatic carbocycles. The number of nitrogens with one attached hydrogen (secondary N) is 1. The lowest BCUT2D eigenvalue weighted by molar-refractivity contribution is 1.19. The molecule has 0 unspecified atom stereocenters. The first-order valence-corrected chi connectivity index (χ1v) is 21.3. The van der Waals surface area contributed by atoms with E-state index < -0.39 is 0 Å². The fraction of sp³-hybridized carbons (Fsp3) is 0. The molecule has 1 aliphatic heterocycles. The van der Waals surface area contributed by atoms with E-state index in [1.807, 2.05) is 0 Å². The average Bonchev–Trinajstić information content (AvgIpc) is 3.62. The summed E-state index contributed by atoms with van der Waals surface area (Å²) in [6.45, 7) is 0. The molecule has 0 saturated carbocycles. The van der Waals surface area contributed by atoms with Gasteiger partial charge in [0, 0.05) is 38.8 Å². The number of benzene rings is 10. The first-order valence-electron chi connectivity index (χ1n) is 21.3. The topological polar surface area (TPSA) is 17.0 Å². The first-order chi connectivity index (χ1) is 30.7. The van der Waals surface area contributed by atoms with Gasteiger partial charge in [-0.15, -0.1) is 0 Å². The maximum absolute atomic E-state index is 3.78. The Morgan fingerprint density at radius 3 is 1.47 bits per heavy atom. The second-order valence-corrected chi connectivity index (χ2v) is 16.2. The molecule has 2 heteroatoms. The summed E-state index contributed by atoms with van der Waals surface area (Å²) in [6.07, 6.45) is 0. The van der Waals surface area contributed by atoms with Gasteiger partial charge in [-0.05, 0) is 104 Å². The van der Waals surface area contributed by atoms with Crippen LogP contribution >= 0.6 is 0 Å². The van der Waals surface area contributed by atoms with Crippen LogP contribution in [0.15, 0.2) is 237 Å². The molecule has 0 atom stereocenters. The number of rotatable bonds is 7. The second kappa shape index (κ2) is 14.8. The van der Waals surface area contributed by atoms with Crippen LogP contribution in [-0.2, 0) is 0 Å². The highest BCUT2D eigenvalue weighted by molar-refractivity contribution is 6.17. The Morgan fingerprint density at radius 2 is 0.758 bits per heavy atom. The zero-order chi connectivity index (χ0) is 41.0. The molecule has 1 N–H and O–H groups in total. The van der Waals surface area contributed by atoms with Crippen molar-refractivity contribution >= 4 is 33.2 Å². The highest BCUT2D eigenvalue weighted by Gasteiger charge is 2.24. The largest absolute Gasteiger partial charge is 0.355 e. The molecule has 1 aliphatic rings. The minimum absolute atomic E-state index is 1.05. The molecule has 11 aromatic rings. The van der Waals surface area contributed by atoms with Crippen LogP contribution < -0.4 is 5.32 Å². The molecule has 0 spiro atoms. The van der Waals surface area contributed by atoms with Crippen LogP contribution in [0.4, 0.5) is 11.4 Å².